The largest absolute Gasteiger partial charge is 0.278 e. The maximum absolute atomic E-state index is 12.3. The van der Waals surface area contributed by atoms with Gasteiger partial charge in [-0.15, -0.1) is 0 Å². The van der Waals surface area contributed by atoms with E-state index in [0.29, 0.717) is 10.9 Å². The third-order valence-corrected chi connectivity index (χ3v) is 3.50. The standard InChI is InChI=1S/C13H16N4O2S/c1-8-6-11(18)16(13(14-8)20-4)7-12(19)17-10(3)5-9(2)15-17/h5-6H,7H2,1-4H3. The topological polar surface area (TPSA) is 69.8 Å². The van der Waals surface area contributed by atoms with E-state index < -0.39 is 0 Å². The normalized spacial score (nSPS) is 10.8. The van der Waals surface area contributed by atoms with Crippen LogP contribution in [0.2, 0.25) is 0 Å². The molecule has 7 heteroatoms. The molecule has 0 bridgehead atoms. The SMILES string of the molecule is CSc1nc(C)cc(=O)n1CC(=O)n1nc(C)cc1C. The van der Waals surface area contributed by atoms with Crippen molar-refractivity contribution in [2.45, 2.75) is 32.5 Å². The minimum atomic E-state index is -0.251. The van der Waals surface area contributed by atoms with Crippen molar-refractivity contribution in [2.24, 2.45) is 0 Å². The van der Waals surface area contributed by atoms with Gasteiger partial charge in [0.25, 0.3) is 11.5 Å². The summed E-state index contributed by atoms with van der Waals surface area (Å²) >= 11 is 1.34. The molecule has 0 N–H and O–H groups in total. The van der Waals surface area contributed by atoms with Crippen molar-refractivity contribution in [3.05, 3.63) is 39.6 Å². The highest BCUT2D eigenvalue weighted by Gasteiger charge is 2.14. The molecule has 0 fully saturated rings. The maximum atomic E-state index is 12.3. The Kier molecular flexibility index (Phi) is 4.08. The van der Waals surface area contributed by atoms with Crippen molar-refractivity contribution in [1.82, 2.24) is 19.3 Å². The summed E-state index contributed by atoms with van der Waals surface area (Å²) in [7, 11) is 0. The average molecular weight is 292 g/mol. The van der Waals surface area contributed by atoms with E-state index in [1.807, 2.05) is 26.2 Å². The number of hydrogen-bond donors (Lipinski definition) is 0. The summed E-state index contributed by atoms with van der Waals surface area (Å²) < 4.78 is 2.70. The Morgan fingerprint density at radius 3 is 2.50 bits per heavy atom. The lowest BCUT2D eigenvalue weighted by Gasteiger charge is -2.10. The van der Waals surface area contributed by atoms with Gasteiger partial charge in [0.15, 0.2) is 5.16 Å². The zero-order valence-electron chi connectivity index (χ0n) is 11.9. The van der Waals surface area contributed by atoms with Gasteiger partial charge in [0.05, 0.1) is 5.69 Å². The summed E-state index contributed by atoms with van der Waals surface area (Å²) in [5, 5.41) is 4.67. The van der Waals surface area contributed by atoms with Crippen LogP contribution in [0.25, 0.3) is 0 Å². The molecule has 0 saturated carbocycles. The number of carbonyl (C=O) groups is 1. The molecule has 0 aliphatic heterocycles. The van der Waals surface area contributed by atoms with E-state index in [1.54, 1.807) is 6.92 Å². The van der Waals surface area contributed by atoms with Crippen molar-refractivity contribution < 1.29 is 4.79 Å². The molecule has 0 amide bonds. The second-order valence-electron chi connectivity index (χ2n) is 4.54. The van der Waals surface area contributed by atoms with Crippen LogP contribution in [0.4, 0.5) is 0 Å². The quantitative estimate of drug-likeness (QED) is 0.632. The van der Waals surface area contributed by atoms with E-state index in [1.165, 1.54) is 27.1 Å². The first-order valence-electron chi connectivity index (χ1n) is 6.11. The minimum Gasteiger partial charge on any atom is -0.278 e. The lowest BCUT2D eigenvalue weighted by atomic mass is 10.4. The van der Waals surface area contributed by atoms with E-state index >= 15 is 0 Å². The van der Waals surface area contributed by atoms with Gasteiger partial charge in [0.2, 0.25) is 0 Å². The molecule has 0 aromatic carbocycles. The number of hydrogen-bond acceptors (Lipinski definition) is 5. The molecule has 20 heavy (non-hydrogen) atoms. The van der Waals surface area contributed by atoms with Crippen LogP contribution in [0, 0.1) is 20.8 Å². The summed E-state index contributed by atoms with van der Waals surface area (Å²) in [6, 6.07) is 3.25. The van der Waals surface area contributed by atoms with Crippen molar-refractivity contribution in [3.8, 4) is 0 Å². The number of rotatable bonds is 3. The predicted molar refractivity (Wildman–Crippen MR) is 77.3 cm³/mol. The van der Waals surface area contributed by atoms with E-state index in [2.05, 4.69) is 10.1 Å². The molecule has 0 aliphatic rings. The van der Waals surface area contributed by atoms with E-state index in [0.717, 1.165) is 11.4 Å². The van der Waals surface area contributed by atoms with Gasteiger partial charge in [-0.05, 0) is 33.1 Å². The smallest absolute Gasteiger partial charge is 0.267 e. The Labute approximate surface area is 120 Å². The van der Waals surface area contributed by atoms with Crippen LogP contribution in [0.3, 0.4) is 0 Å². The molecule has 0 saturated heterocycles. The van der Waals surface area contributed by atoms with Crippen LogP contribution in [-0.2, 0) is 6.54 Å². The lowest BCUT2D eigenvalue weighted by Crippen LogP contribution is -2.29. The molecule has 0 aliphatic carbocycles. The van der Waals surface area contributed by atoms with Crippen molar-refractivity contribution in [1.29, 1.82) is 0 Å². The number of aryl methyl sites for hydroxylation is 3. The van der Waals surface area contributed by atoms with Crippen molar-refractivity contribution in [3.63, 3.8) is 0 Å². The maximum Gasteiger partial charge on any atom is 0.267 e. The molecule has 2 aromatic rings. The molecule has 0 radical (unpaired) electrons. The molecule has 2 heterocycles. The highest BCUT2D eigenvalue weighted by molar-refractivity contribution is 7.98. The van der Waals surface area contributed by atoms with Crippen LogP contribution < -0.4 is 5.56 Å². The third kappa shape index (κ3) is 2.82. The van der Waals surface area contributed by atoms with Crippen molar-refractivity contribution in [2.75, 3.05) is 6.26 Å². The fraction of sp³-hybridized carbons (Fsp3) is 0.385. The number of aromatic nitrogens is 4. The first-order valence-corrected chi connectivity index (χ1v) is 7.34. The van der Waals surface area contributed by atoms with Gasteiger partial charge in [-0.3, -0.25) is 14.2 Å². The highest BCUT2D eigenvalue weighted by Crippen LogP contribution is 2.10. The Morgan fingerprint density at radius 1 is 1.25 bits per heavy atom. The van der Waals surface area contributed by atoms with Gasteiger partial charge in [-0.1, -0.05) is 11.8 Å². The molecule has 6 nitrogen and oxygen atoms in total. The van der Waals surface area contributed by atoms with Crippen LogP contribution in [-0.4, -0.2) is 31.5 Å². The Bertz CT molecular complexity index is 718. The van der Waals surface area contributed by atoms with Gasteiger partial charge in [0, 0.05) is 17.5 Å². The molecule has 2 aromatic heterocycles. The summed E-state index contributed by atoms with van der Waals surface area (Å²) in [6.07, 6.45) is 1.82. The molecule has 2 rings (SSSR count). The lowest BCUT2D eigenvalue weighted by molar-refractivity contribution is 0.0866. The second kappa shape index (κ2) is 5.62. The van der Waals surface area contributed by atoms with Gasteiger partial charge in [-0.2, -0.15) is 5.10 Å². The van der Waals surface area contributed by atoms with Gasteiger partial charge >= 0.3 is 0 Å². The van der Waals surface area contributed by atoms with Crippen LogP contribution in [0.1, 0.15) is 21.9 Å². The van der Waals surface area contributed by atoms with E-state index in [-0.39, 0.29) is 18.0 Å². The number of nitrogens with zero attached hydrogens (tertiary/aromatic N) is 4. The first-order chi connectivity index (χ1) is 9.42. The number of carbonyl (C=O) groups excluding carboxylic acids is 1. The molecule has 0 spiro atoms. The number of thioether (sulfide) groups is 1. The molecular weight excluding hydrogens is 276 g/mol. The molecule has 106 valence electrons. The molecule has 0 unspecified atom stereocenters. The summed E-state index contributed by atoms with van der Waals surface area (Å²) in [6.45, 7) is 5.33. The van der Waals surface area contributed by atoms with E-state index in [9.17, 15) is 9.59 Å². The summed E-state index contributed by atoms with van der Waals surface area (Å²) in [5.41, 5.74) is 1.95. The minimum absolute atomic E-state index is 0.0652. The third-order valence-electron chi connectivity index (χ3n) is 2.82. The second-order valence-corrected chi connectivity index (χ2v) is 5.31. The zero-order valence-corrected chi connectivity index (χ0v) is 12.7. The summed E-state index contributed by atoms with van der Waals surface area (Å²) in [4.78, 5) is 28.5. The average Bonchev–Trinajstić information content (AvgIpc) is 2.71. The van der Waals surface area contributed by atoms with Crippen molar-refractivity contribution >= 4 is 17.7 Å². The van der Waals surface area contributed by atoms with Gasteiger partial charge in [-0.25, -0.2) is 9.67 Å². The predicted octanol–water partition coefficient (Wildman–Crippen LogP) is 1.43. The summed E-state index contributed by atoms with van der Waals surface area (Å²) in [5.74, 6) is -0.251. The first kappa shape index (κ1) is 14.5. The Hall–Kier alpha value is -1.89. The Morgan fingerprint density at radius 2 is 1.95 bits per heavy atom. The van der Waals surface area contributed by atoms with Gasteiger partial charge < -0.3 is 0 Å². The monoisotopic (exact) mass is 292 g/mol. The Balaban J connectivity index is 2.37. The van der Waals surface area contributed by atoms with Gasteiger partial charge in [0.1, 0.15) is 6.54 Å². The molecular formula is C13H16N4O2S. The van der Waals surface area contributed by atoms with Crippen LogP contribution >= 0.6 is 11.8 Å². The highest BCUT2D eigenvalue weighted by atomic mass is 32.2. The fourth-order valence-electron chi connectivity index (χ4n) is 1.98. The molecule has 0 atom stereocenters. The van der Waals surface area contributed by atoms with Crippen LogP contribution in [0.15, 0.2) is 22.1 Å². The zero-order chi connectivity index (χ0) is 14.9. The fourth-order valence-corrected chi connectivity index (χ4v) is 2.59. The van der Waals surface area contributed by atoms with E-state index in [4.69, 9.17) is 0 Å². The van der Waals surface area contributed by atoms with Crippen LogP contribution in [0.5, 0.6) is 0 Å².